The first-order valence-corrected chi connectivity index (χ1v) is 13.0. The van der Waals surface area contributed by atoms with Gasteiger partial charge >= 0.3 is 0 Å². The summed E-state index contributed by atoms with van der Waals surface area (Å²) < 4.78 is 8.37. The number of fused-ring (bicyclic) bond motifs is 1. The van der Waals surface area contributed by atoms with Crippen LogP contribution in [0, 0.1) is 0 Å². The average Bonchev–Trinajstić information content (AvgIpc) is 3.69. The van der Waals surface area contributed by atoms with E-state index >= 15 is 0 Å². The molecule has 11 nitrogen and oxygen atoms in total. The number of nitrogens with zero attached hydrogens (tertiary/aromatic N) is 7. The summed E-state index contributed by atoms with van der Waals surface area (Å²) >= 11 is 12.8. The van der Waals surface area contributed by atoms with Crippen LogP contribution in [-0.2, 0) is 11.2 Å². The second kappa shape index (κ2) is 10.6. The number of halogens is 2. The van der Waals surface area contributed by atoms with E-state index in [-0.39, 0.29) is 11.6 Å². The zero-order valence-corrected chi connectivity index (χ0v) is 22.3. The molecule has 1 aromatic carbocycles. The van der Waals surface area contributed by atoms with E-state index in [0.717, 1.165) is 33.9 Å². The summed E-state index contributed by atoms with van der Waals surface area (Å²) in [6.45, 7) is 1.24. The number of rotatable bonds is 8. The fourth-order valence-electron chi connectivity index (χ4n) is 4.87. The van der Waals surface area contributed by atoms with E-state index < -0.39 is 0 Å². The van der Waals surface area contributed by atoms with Gasteiger partial charge in [0, 0.05) is 47.8 Å². The molecule has 2 N–H and O–H groups in total. The minimum Gasteiger partial charge on any atom is -0.383 e. The lowest BCUT2D eigenvalue weighted by molar-refractivity contribution is 0.210. The highest BCUT2D eigenvalue weighted by atomic mass is 35.5. The number of ether oxygens (including phenoxy) is 1. The number of aryl methyl sites for hydroxylation is 1. The normalized spacial score (nSPS) is 14.5. The van der Waals surface area contributed by atoms with E-state index in [2.05, 4.69) is 35.8 Å². The number of nitrogens with one attached hydrogen (secondary N) is 2. The maximum atomic E-state index is 13.5. The van der Waals surface area contributed by atoms with Gasteiger partial charge in [0.25, 0.3) is 5.56 Å². The summed E-state index contributed by atoms with van der Waals surface area (Å²) in [5.41, 5.74) is 4.43. The predicted molar refractivity (Wildman–Crippen MR) is 148 cm³/mol. The van der Waals surface area contributed by atoms with Crippen LogP contribution >= 0.6 is 23.2 Å². The maximum Gasteiger partial charge on any atom is 0.252 e. The first kappa shape index (κ1) is 25.2. The van der Waals surface area contributed by atoms with Gasteiger partial charge in [-0.05, 0) is 65.2 Å². The van der Waals surface area contributed by atoms with E-state index in [9.17, 15) is 4.79 Å². The standard InChI is InChI=1S/C26H23Cl2N9O2/c1-39-9-8-29-22-7-2-15(13-30-22)24-25(28)33-26(32-24)21-6-4-18-10-16(11-23(38)37(18)21)19-12-17(27)3-5-20(19)36-14-31-34-35-36/h2-3,5,7,10-14,21H,4,6,8-9H2,1H3,(H,29,30)(H,32,33)/t21-/m0/s1. The largest absolute Gasteiger partial charge is 0.383 e. The Morgan fingerprint density at radius 1 is 1.15 bits per heavy atom. The minimum atomic E-state index is -0.269. The number of methoxy groups -OCH3 is 1. The van der Waals surface area contributed by atoms with Crippen LogP contribution < -0.4 is 10.9 Å². The van der Waals surface area contributed by atoms with Crippen molar-refractivity contribution in [3.8, 4) is 28.1 Å². The monoisotopic (exact) mass is 563 g/mol. The second-order valence-corrected chi connectivity index (χ2v) is 9.85. The van der Waals surface area contributed by atoms with Crippen LogP contribution in [0.4, 0.5) is 5.82 Å². The SMILES string of the molecule is COCCNc1ccc(-c2[nH]c([C@@H]3CCc4cc(-c5cc(Cl)ccc5-n5cnnn5)cc(=O)n43)nc2Cl)cn1. The molecule has 5 heterocycles. The third-order valence-corrected chi connectivity index (χ3v) is 7.17. The quantitative estimate of drug-likeness (QED) is 0.269. The minimum absolute atomic E-state index is 0.144. The molecule has 6 rings (SSSR count). The Balaban J connectivity index is 1.31. The van der Waals surface area contributed by atoms with E-state index in [1.807, 2.05) is 30.3 Å². The molecule has 0 saturated carbocycles. The predicted octanol–water partition coefficient (Wildman–Crippen LogP) is 4.18. The van der Waals surface area contributed by atoms with Crippen molar-refractivity contribution in [2.24, 2.45) is 0 Å². The van der Waals surface area contributed by atoms with Gasteiger partial charge in [0.2, 0.25) is 0 Å². The third kappa shape index (κ3) is 4.91. The number of aromatic amines is 1. The van der Waals surface area contributed by atoms with Crippen LogP contribution in [0.3, 0.4) is 0 Å². The van der Waals surface area contributed by atoms with Crippen molar-refractivity contribution >= 4 is 29.0 Å². The van der Waals surface area contributed by atoms with Gasteiger partial charge in [-0.3, -0.25) is 4.79 Å². The average molecular weight is 564 g/mol. The van der Waals surface area contributed by atoms with Gasteiger partial charge in [0.1, 0.15) is 18.0 Å². The fraction of sp³-hybridized carbons (Fsp3) is 0.231. The van der Waals surface area contributed by atoms with Gasteiger partial charge in [0.15, 0.2) is 5.15 Å². The Morgan fingerprint density at radius 3 is 2.82 bits per heavy atom. The first-order valence-electron chi connectivity index (χ1n) is 12.2. The molecule has 5 aromatic rings. The molecule has 0 fully saturated rings. The van der Waals surface area contributed by atoms with Crippen LogP contribution in [0.1, 0.15) is 24.0 Å². The van der Waals surface area contributed by atoms with Crippen LogP contribution in [0.2, 0.25) is 10.2 Å². The van der Waals surface area contributed by atoms with Crippen molar-refractivity contribution < 1.29 is 4.74 Å². The maximum absolute atomic E-state index is 13.5. The van der Waals surface area contributed by atoms with Crippen LogP contribution in [-0.4, -0.2) is 60.0 Å². The number of benzene rings is 1. The summed E-state index contributed by atoms with van der Waals surface area (Å²) in [7, 11) is 1.65. The van der Waals surface area contributed by atoms with Crippen molar-refractivity contribution in [1.82, 2.24) is 39.7 Å². The third-order valence-electron chi connectivity index (χ3n) is 6.66. The molecule has 39 heavy (non-hydrogen) atoms. The van der Waals surface area contributed by atoms with Gasteiger partial charge in [-0.2, -0.15) is 4.68 Å². The van der Waals surface area contributed by atoms with Crippen LogP contribution in [0.15, 0.2) is 59.8 Å². The van der Waals surface area contributed by atoms with Crippen molar-refractivity contribution in [3.05, 3.63) is 87.0 Å². The molecule has 0 radical (unpaired) electrons. The van der Waals surface area contributed by atoms with Gasteiger partial charge < -0.3 is 19.6 Å². The molecule has 0 aliphatic carbocycles. The second-order valence-electron chi connectivity index (χ2n) is 9.05. The summed E-state index contributed by atoms with van der Waals surface area (Å²) in [5.74, 6) is 1.37. The first-order chi connectivity index (χ1) is 19.0. The number of H-pyrrole nitrogens is 1. The van der Waals surface area contributed by atoms with Crippen LogP contribution in [0.5, 0.6) is 0 Å². The summed E-state index contributed by atoms with van der Waals surface area (Å²) in [6, 6.07) is 12.5. The molecular formula is C26H23Cl2N9O2. The molecule has 0 unspecified atom stereocenters. The topological polar surface area (TPSA) is 128 Å². The van der Waals surface area contributed by atoms with Crippen molar-refractivity contribution in [2.75, 3.05) is 25.6 Å². The van der Waals surface area contributed by atoms with Crippen LogP contribution in [0.25, 0.3) is 28.1 Å². The highest BCUT2D eigenvalue weighted by Crippen LogP contribution is 2.36. The Labute approximate surface area is 232 Å². The molecule has 1 aliphatic rings. The number of hydrogen-bond acceptors (Lipinski definition) is 8. The Kier molecular flexibility index (Phi) is 6.86. The molecule has 4 aromatic heterocycles. The van der Waals surface area contributed by atoms with E-state index in [1.54, 1.807) is 34.7 Å². The van der Waals surface area contributed by atoms with Crippen molar-refractivity contribution in [2.45, 2.75) is 18.9 Å². The summed E-state index contributed by atoms with van der Waals surface area (Å²) in [4.78, 5) is 25.8. The number of pyridine rings is 2. The van der Waals surface area contributed by atoms with Crippen molar-refractivity contribution in [3.63, 3.8) is 0 Å². The lowest BCUT2D eigenvalue weighted by Crippen LogP contribution is -2.24. The number of tetrazole rings is 1. The molecule has 0 spiro atoms. The number of hydrogen-bond donors (Lipinski definition) is 2. The summed E-state index contributed by atoms with van der Waals surface area (Å²) in [6.07, 6.45) is 4.64. The van der Waals surface area contributed by atoms with Gasteiger partial charge in [0.05, 0.1) is 24.0 Å². The van der Waals surface area contributed by atoms with E-state index in [4.69, 9.17) is 27.9 Å². The molecule has 0 saturated heterocycles. The van der Waals surface area contributed by atoms with Gasteiger partial charge in [-0.25, -0.2) is 9.97 Å². The fourth-order valence-corrected chi connectivity index (χ4v) is 5.29. The molecular weight excluding hydrogens is 541 g/mol. The molecule has 198 valence electrons. The highest BCUT2D eigenvalue weighted by Gasteiger charge is 2.29. The zero-order valence-electron chi connectivity index (χ0n) is 20.8. The van der Waals surface area contributed by atoms with E-state index in [1.165, 1.54) is 6.33 Å². The Morgan fingerprint density at radius 2 is 2.05 bits per heavy atom. The lowest BCUT2D eigenvalue weighted by atomic mass is 10.0. The molecule has 1 atom stereocenters. The highest BCUT2D eigenvalue weighted by molar-refractivity contribution is 6.32. The lowest BCUT2D eigenvalue weighted by Gasteiger charge is -2.15. The summed E-state index contributed by atoms with van der Waals surface area (Å²) in [5, 5.41) is 15.5. The van der Waals surface area contributed by atoms with E-state index in [0.29, 0.717) is 47.7 Å². The smallest absolute Gasteiger partial charge is 0.252 e. The number of imidazole rings is 1. The Hall–Kier alpha value is -4.06. The molecule has 1 aliphatic heterocycles. The molecule has 0 amide bonds. The number of aromatic nitrogens is 8. The van der Waals surface area contributed by atoms with Gasteiger partial charge in [-0.1, -0.05) is 23.2 Å². The zero-order chi connectivity index (χ0) is 26.9. The molecule has 0 bridgehead atoms. The molecule has 13 heteroatoms. The number of anilines is 1. The van der Waals surface area contributed by atoms with Crippen molar-refractivity contribution in [1.29, 1.82) is 0 Å². The Bertz CT molecular complexity index is 1680. The van der Waals surface area contributed by atoms with Gasteiger partial charge in [-0.15, -0.1) is 5.10 Å².